The Bertz CT molecular complexity index is 1640. The normalized spacial score (nSPS) is 11.3. The second-order valence-corrected chi connectivity index (χ2v) is 9.22. The van der Waals surface area contributed by atoms with E-state index in [1.54, 1.807) is 0 Å². The Hall–Kier alpha value is -4.82. The van der Waals surface area contributed by atoms with Crippen molar-refractivity contribution in [1.29, 1.82) is 0 Å². The highest BCUT2D eigenvalue weighted by atomic mass is 14.9. The van der Waals surface area contributed by atoms with E-state index < -0.39 is 0 Å². The summed E-state index contributed by atoms with van der Waals surface area (Å²) in [5, 5.41) is 17.3. The first-order valence-electron chi connectivity index (χ1n) is 12.3. The van der Waals surface area contributed by atoms with Crippen LogP contribution in [-0.4, -0.2) is 0 Å². The second-order valence-electron chi connectivity index (χ2n) is 9.22. The third-order valence-electron chi connectivity index (χ3n) is 6.97. The number of hydrogen-bond acceptors (Lipinski definition) is 2. The summed E-state index contributed by atoms with van der Waals surface area (Å²) in [5.41, 5.74) is 4.41. The van der Waals surface area contributed by atoms with Crippen LogP contribution in [0.1, 0.15) is 0 Å². The molecule has 0 radical (unpaired) electrons. The van der Waals surface area contributed by atoms with Gasteiger partial charge in [0.2, 0.25) is 0 Å². The quantitative estimate of drug-likeness (QED) is 0.255. The summed E-state index contributed by atoms with van der Waals surface area (Å²) >= 11 is 0. The first kappa shape index (κ1) is 20.5. The van der Waals surface area contributed by atoms with E-state index in [4.69, 9.17) is 0 Å². The van der Waals surface area contributed by atoms with Crippen LogP contribution >= 0.6 is 0 Å². The van der Waals surface area contributed by atoms with Crippen LogP contribution in [0.4, 0.5) is 22.7 Å². The number of fused-ring (bicyclic) bond motifs is 4. The second kappa shape index (κ2) is 8.44. The lowest BCUT2D eigenvalue weighted by Crippen LogP contribution is -1.96. The number of rotatable bonds is 4. The van der Waals surface area contributed by atoms with Crippen molar-refractivity contribution in [1.82, 2.24) is 0 Å². The molecule has 2 N–H and O–H groups in total. The van der Waals surface area contributed by atoms with E-state index >= 15 is 0 Å². The molecule has 2 nitrogen and oxygen atoms in total. The zero-order valence-corrected chi connectivity index (χ0v) is 19.7. The molecule has 7 rings (SSSR count). The summed E-state index contributed by atoms with van der Waals surface area (Å²) in [4.78, 5) is 0. The van der Waals surface area contributed by atoms with Crippen LogP contribution in [0.25, 0.3) is 43.1 Å². The zero-order valence-electron chi connectivity index (χ0n) is 19.7. The van der Waals surface area contributed by atoms with Crippen LogP contribution in [-0.2, 0) is 0 Å². The average molecular weight is 461 g/mol. The molecule has 170 valence electrons. The molecule has 0 saturated carbocycles. The molecule has 0 aliphatic carbocycles. The van der Waals surface area contributed by atoms with E-state index in [0.29, 0.717) is 0 Å². The molecule has 0 bridgehead atoms. The Labute approximate surface area is 209 Å². The van der Waals surface area contributed by atoms with Gasteiger partial charge in [-0.2, -0.15) is 0 Å². The number of benzene rings is 7. The summed E-state index contributed by atoms with van der Waals surface area (Å²) in [6.45, 7) is 0. The molecule has 0 amide bonds. The minimum Gasteiger partial charge on any atom is -0.355 e. The van der Waals surface area contributed by atoms with Crippen molar-refractivity contribution in [3.05, 3.63) is 133 Å². The summed E-state index contributed by atoms with van der Waals surface area (Å²) < 4.78 is 0. The van der Waals surface area contributed by atoms with Gasteiger partial charge in [-0.1, -0.05) is 97.1 Å². The van der Waals surface area contributed by atoms with E-state index in [1.807, 2.05) is 0 Å². The summed E-state index contributed by atoms with van der Waals surface area (Å²) in [7, 11) is 0. The highest BCUT2D eigenvalue weighted by Crippen LogP contribution is 2.37. The SMILES string of the molecule is c1ccc2c(Nc3ccc(Nc4c5ccccc5cc5ccccc45)cc3)c3ccccc3cc2c1. The molecular weight excluding hydrogens is 436 g/mol. The monoisotopic (exact) mass is 460 g/mol. The van der Waals surface area contributed by atoms with E-state index in [1.165, 1.54) is 43.1 Å². The molecule has 0 aliphatic heterocycles. The average Bonchev–Trinajstić information content (AvgIpc) is 2.94. The van der Waals surface area contributed by atoms with E-state index in [0.717, 1.165) is 22.7 Å². The van der Waals surface area contributed by atoms with E-state index in [9.17, 15) is 0 Å². The Kier molecular flexibility index (Phi) is 4.82. The molecule has 7 aromatic carbocycles. The maximum atomic E-state index is 3.71. The van der Waals surface area contributed by atoms with Crippen LogP contribution in [0.3, 0.4) is 0 Å². The summed E-state index contributed by atoms with van der Waals surface area (Å²) in [5.74, 6) is 0. The first-order chi connectivity index (χ1) is 17.8. The Morgan fingerprint density at radius 2 is 0.583 bits per heavy atom. The van der Waals surface area contributed by atoms with E-state index in [2.05, 4.69) is 144 Å². The molecule has 7 aromatic rings. The van der Waals surface area contributed by atoms with Gasteiger partial charge in [0.1, 0.15) is 0 Å². The van der Waals surface area contributed by atoms with Crippen molar-refractivity contribution in [2.24, 2.45) is 0 Å². The number of hydrogen-bond donors (Lipinski definition) is 2. The van der Waals surface area contributed by atoms with Crippen molar-refractivity contribution >= 4 is 65.8 Å². The lowest BCUT2D eigenvalue weighted by Gasteiger charge is -2.16. The fourth-order valence-corrected chi connectivity index (χ4v) is 5.22. The minimum absolute atomic E-state index is 1.06. The molecular formula is C34H24N2. The third-order valence-corrected chi connectivity index (χ3v) is 6.97. The molecule has 0 atom stereocenters. The molecule has 0 spiro atoms. The highest BCUT2D eigenvalue weighted by Gasteiger charge is 2.10. The molecule has 36 heavy (non-hydrogen) atoms. The maximum absolute atomic E-state index is 3.71. The Morgan fingerprint density at radius 3 is 0.889 bits per heavy atom. The first-order valence-corrected chi connectivity index (χ1v) is 12.3. The van der Waals surface area contributed by atoms with Crippen LogP contribution in [0.2, 0.25) is 0 Å². The van der Waals surface area contributed by atoms with Crippen molar-refractivity contribution in [3.8, 4) is 0 Å². The van der Waals surface area contributed by atoms with Crippen molar-refractivity contribution in [2.45, 2.75) is 0 Å². The third kappa shape index (κ3) is 3.52. The van der Waals surface area contributed by atoms with E-state index in [-0.39, 0.29) is 0 Å². The van der Waals surface area contributed by atoms with Gasteiger partial charge in [-0.05, 0) is 57.9 Å². The maximum Gasteiger partial charge on any atom is 0.0543 e. The highest BCUT2D eigenvalue weighted by molar-refractivity contribution is 6.13. The van der Waals surface area contributed by atoms with Gasteiger partial charge in [0.25, 0.3) is 0 Å². The lowest BCUT2D eigenvalue weighted by molar-refractivity contribution is 1.56. The van der Waals surface area contributed by atoms with Crippen LogP contribution in [0.5, 0.6) is 0 Å². The fraction of sp³-hybridized carbons (Fsp3) is 0. The van der Waals surface area contributed by atoms with Crippen LogP contribution in [0, 0.1) is 0 Å². The molecule has 2 heteroatoms. The Morgan fingerprint density at radius 1 is 0.306 bits per heavy atom. The zero-order chi connectivity index (χ0) is 23.9. The predicted octanol–water partition coefficient (Wildman–Crippen LogP) is 9.79. The standard InChI is InChI=1S/C34H24N2/c1-5-13-29-23(9-1)21-24-10-2-6-14-30(24)33(29)35-27-17-19-28(20-18-27)36-34-31-15-7-3-11-25(31)22-26-12-4-8-16-32(26)34/h1-22,35-36H. The van der Waals surface area contributed by atoms with Gasteiger partial charge in [-0.15, -0.1) is 0 Å². The van der Waals surface area contributed by atoms with Crippen molar-refractivity contribution in [3.63, 3.8) is 0 Å². The number of nitrogens with one attached hydrogen (secondary N) is 2. The van der Waals surface area contributed by atoms with Gasteiger partial charge in [0.15, 0.2) is 0 Å². The molecule has 0 heterocycles. The smallest absolute Gasteiger partial charge is 0.0543 e. The summed E-state index contributed by atoms with van der Waals surface area (Å²) in [6, 6.07) is 47.3. The van der Waals surface area contributed by atoms with Crippen molar-refractivity contribution in [2.75, 3.05) is 10.6 Å². The topological polar surface area (TPSA) is 24.1 Å². The Balaban J connectivity index is 1.27. The predicted molar refractivity (Wildman–Crippen MR) is 156 cm³/mol. The van der Waals surface area contributed by atoms with Crippen LogP contribution in [0.15, 0.2) is 133 Å². The lowest BCUT2D eigenvalue weighted by atomic mass is 10.0. The molecule has 0 fully saturated rings. The minimum atomic E-state index is 1.06. The van der Waals surface area contributed by atoms with Gasteiger partial charge >= 0.3 is 0 Å². The van der Waals surface area contributed by atoms with Gasteiger partial charge in [-0.25, -0.2) is 0 Å². The van der Waals surface area contributed by atoms with Gasteiger partial charge in [-0.3, -0.25) is 0 Å². The molecule has 0 aromatic heterocycles. The van der Waals surface area contributed by atoms with Gasteiger partial charge in [0, 0.05) is 32.9 Å². The largest absolute Gasteiger partial charge is 0.355 e. The molecule has 0 unspecified atom stereocenters. The molecule has 0 aliphatic rings. The summed E-state index contributed by atoms with van der Waals surface area (Å²) in [6.07, 6.45) is 0. The van der Waals surface area contributed by atoms with Crippen molar-refractivity contribution < 1.29 is 0 Å². The van der Waals surface area contributed by atoms with Gasteiger partial charge in [0.05, 0.1) is 11.4 Å². The van der Waals surface area contributed by atoms with Gasteiger partial charge < -0.3 is 10.6 Å². The van der Waals surface area contributed by atoms with Crippen LogP contribution < -0.4 is 10.6 Å². The fourth-order valence-electron chi connectivity index (χ4n) is 5.22. The number of anilines is 4. The molecule has 0 saturated heterocycles.